The Labute approximate surface area is 185 Å². The molecule has 4 nitrogen and oxygen atoms in total. The third-order valence-corrected chi connectivity index (χ3v) is 6.07. The van der Waals surface area contributed by atoms with E-state index in [4.69, 9.17) is 0 Å². The molecule has 1 N–H and O–H groups in total. The SMILES string of the molecule is CCN1CCC/C=C(c2nccs2)/C=C\1c1ccc(NC(=O)c2ccccc2F)cc1. The Hall–Kier alpha value is -3.25. The molecule has 2 aromatic carbocycles. The molecule has 3 aromatic rings. The molecule has 0 bridgehead atoms. The van der Waals surface area contributed by atoms with E-state index in [2.05, 4.69) is 34.3 Å². The van der Waals surface area contributed by atoms with Crippen LogP contribution in [0.3, 0.4) is 0 Å². The van der Waals surface area contributed by atoms with Crippen LogP contribution in [-0.4, -0.2) is 28.9 Å². The fraction of sp³-hybridized carbons (Fsp3) is 0.200. The van der Waals surface area contributed by atoms with Gasteiger partial charge in [-0.05, 0) is 55.7 Å². The number of carbonyl (C=O) groups excluding carboxylic acids is 1. The number of hydrogen-bond acceptors (Lipinski definition) is 4. The number of allylic oxidation sites excluding steroid dienone is 3. The van der Waals surface area contributed by atoms with E-state index in [1.54, 1.807) is 23.5 Å². The number of hydrogen-bond donors (Lipinski definition) is 1. The summed E-state index contributed by atoms with van der Waals surface area (Å²) in [5.41, 5.74) is 4.00. The number of rotatable bonds is 5. The Bertz CT molecular complexity index is 1100. The van der Waals surface area contributed by atoms with Gasteiger partial charge >= 0.3 is 0 Å². The molecule has 1 aliphatic heterocycles. The van der Waals surface area contributed by atoms with Crippen molar-refractivity contribution in [1.29, 1.82) is 0 Å². The van der Waals surface area contributed by atoms with Crippen molar-refractivity contribution in [2.24, 2.45) is 0 Å². The van der Waals surface area contributed by atoms with Crippen molar-refractivity contribution >= 4 is 34.2 Å². The minimum atomic E-state index is -0.531. The highest BCUT2D eigenvalue weighted by Crippen LogP contribution is 2.30. The summed E-state index contributed by atoms with van der Waals surface area (Å²) in [6.07, 6.45) is 8.40. The van der Waals surface area contributed by atoms with Crippen molar-refractivity contribution in [2.75, 3.05) is 18.4 Å². The molecule has 0 spiro atoms. The summed E-state index contributed by atoms with van der Waals surface area (Å²) in [4.78, 5) is 19.2. The number of amides is 1. The lowest BCUT2D eigenvalue weighted by Crippen LogP contribution is -2.24. The minimum Gasteiger partial charge on any atom is -0.371 e. The zero-order valence-electron chi connectivity index (χ0n) is 17.3. The summed E-state index contributed by atoms with van der Waals surface area (Å²) in [5.74, 6) is -0.989. The van der Waals surface area contributed by atoms with Crippen molar-refractivity contribution in [2.45, 2.75) is 19.8 Å². The van der Waals surface area contributed by atoms with Crippen LogP contribution in [0.5, 0.6) is 0 Å². The van der Waals surface area contributed by atoms with E-state index in [0.717, 1.165) is 47.8 Å². The van der Waals surface area contributed by atoms with Crippen LogP contribution in [0.2, 0.25) is 0 Å². The Kier molecular flexibility index (Phi) is 6.57. The van der Waals surface area contributed by atoms with Gasteiger partial charge in [0, 0.05) is 41.6 Å². The molecule has 1 amide bonds. The number of nitrogens with one attached hydrogen (secondary N) is 1. The van der Waals surface area contributed by atoms with E-state index in [-0.39, 0.29) is 5.56 Å². The van der Waals surface area contributed by atoms with Gasteiger partial charge in [-0.3, -0.25) is 4.79 Å². The summed E-state index contributed by atoms with van der Waals surface area (Å²) >= 11 is 1.64. The molecule has 1 aliphatic rings. The molecule has 4 rings (SSSR count). The first-order valence-electron chi connectivity index (χ1n) is 10.4. The fourth-order valence-electron chi connectivity index (χ4n) is 3.64. The van der Waals surface area contributed by atoms with E-state index in [9.17, 15) is 9.18 Å². The predicted octanol–water partition coefficient (Wildman–Crippen LogP) is 6.07. The maximum atomic E-state index is 13.9. The molecular formula is C25H24FN3OS. The van der Waals surface area contributed by atoms with Crippen LogP contribution in [-0.2, 0) is 0 Å². The van der Waals surface area contributed by atoms with E-state index >= 15 is 0 Å². The third kappa shape index (κ3) is 4.91. The van der Waals surface area contributed by atoms with Gasteiger partial charge in [0.15, 0.2) is 0 Å². The van der Waals surface area contributed by atoms with Crippen molar-refractivity contribution < 1.29 is 9.18 Å². The predicted molar refractivity (Wildman–Crippen MR) is 125 cm³/mol. The summed E-state index contributed by atoms with van der Waals surface area (Å²) in [6, 6.07) is 13.7. The fourth-order valence-corrected chi connectivity index (χ4v) is 4.29. The second-order valence-electron chi connectivity index (χ2n) is 7.26. The van der Waals surface area contributed by atoms with Crippen molar-refractivity contribution in [3.8, 4) is 0 Å². The lowest BCUT2D eigenvalue weighted by atomic mass is 10.0. The quantitative estimate of drug-likeness (QED) is 0.531. The average molecular weight is 434 g/mol. The topological polar surface area (TPSA) is 45.2 Å². The number of halogens is 1. The first kappa shape index (κ1) is 21.0. The van der Waals surface area contributed by atoms with E-state index in [0.29, 0.717) is 5.69 Å². The number of aromatic nitrogens is 1. The van der Waals surface area contributed by atoms with Crippen LogP contribution in [0.25, 0.3) is 11.3 Å². The number of thiazole rings is 1. The maximum absolute atomic E-state index is 13.9. The number of carbonyl (C=O) groups is 1. The largest absolute Gasteiger partial charge is 0.371 e. The average Bonchev–Trinajstić information content (AvgIpc) is 3.30. The Balaban J connectivity index is 1.60. The van der Waals surface area contributed by atoms with Crippen LogP contribution in [0.15, 0.2) is 72.3 Å². The second kappa shape index (κ2) is 9.71. The summed E-state index contributed by atoms with van der Waals surface area (Å²) in [7, 11) is 0. The smallest absolute Gasteiger partial charge is 0.258 e. The molecule has 0 aliphatic carbocycles. The van der Waals surface area contributed by atoms with Gasteiger partial charge in [0.05, 0.1) is 5.56 Å². The highest BCUT2D eigenvalue weighted by molar-refractivity contribution is 7.10. The molecule has 2 heterocycles. The highest BCUT2D eigenvalue weighted by Gasteiger charge is 2.16. The van der Waals surface area contributed by atoms with E-state index in [1.807, 2.05) is 35.8 Å². The van der Waals surface area contributed by atoms with Gasteiger partial charge < -0.3 is 10.2 Å². The van der Waals surface area contributed by atoms with Gasteiger partial charge in [0.1, 0.15) is 10.8 Å². The molecular weight excluding hydrogens is 409 g/mol. The Morgan fingerprint density at radius 1 is 1.19 bits per heavy atom. The summed E-state index contributed by atoms with van der Waals surface area (Å²) < 4.78 is 13.9. The third-order valence-electron chi connectivity index (χ3n) is 5.25. The number of anilines is 1. The van der Waals surface area contributed by atoms with Gasteiger partial charge in [0.25, 0.3) is 5.91 Å². The van der Waals surface area contributed by atoms with Gasteiger partial charge in [-0.1, -0.05) is 30.3 Å². The van der Waals surface area contributed by atoms with Gasteiger partial charge in [-0.25, -0.2) is 9.37 Å². The first-order valence-corrected chi connectivity index (χ1v) is 11.3. The van der Waals surface area contributed by atoms with Crippen LogP contribution in [0, 0.1) is 5.82 Å². The van der Waals surface area contributed by atoms with E-state index < -0.39 is 11.7 Å². The minimum absolute atomic E-state index is 0.0321. The molecule has 0 radical (unpaired) electrons. The van der Waals surface area contributed by atoms with Crippen LogP contribution < -0.4 is 5.32 Å². The molecule has 0 saturated heterocycles. The van der Waals surface area contributed by atoms with Gasteiger partial charge in [0.2, 0.25) is 0 Å². The molecule has 6 heteroatoms. The van der Waals surface area contributed by atoms with Crippen molar-refractivity contribution in [3.63, 3.8) is 0 Å². The van der Waals surface area contributed by atoms with Crippen LogP contribution in [0.4, 0.5) is 10.1 Å². The zero-order chi connectivity index (χ0) is 21.6. The van der Waals surface area contributed by atoms with Crippen molar-refractivity contribution in [1.82, 2.24) is 9.88 Å². The molecule has 0 atom stereocenters. The molecule has 31 heavy (non-hydrogen) atoms. The monoisotopic (exact) mass is 433 g/mol. The lowest BCUT2D eigenvalue weighted by molar-refractivity contribution is 0.102. The van der Waals surface area contributed by atoms with Crippen LogP contribution >= 0.6 is 11.3 Å². The number of nitrogens with zero attached hydrogens (tertiary/aromatic N) is 2. The Morgan fingerprint density at radius 3 is 2.71 bits per heavy atom. The summed E-state index contributed by atoms with van der Waals surface area (Å²) in [6.45, 7) is 4.05. The molecule has 1 aromatic heterocycles. The Morgan fingerprint density at radius 2 is 2.00 bits per heavy atom. The molecule has 0 unspecified atom stereocenters. The van der Waals surface area contributed by atoms with E-state index in [1.165, 1.54) is 12.1 Å². The highest BCUT2D eigenvalue weighted by atomic mass is 32.1. The first-order chi connectivity index (χ1) is 15.2. The molecule has 0 saturated carbocycles. The lowest BCUT2D eigenvalue weighted by Gasteiger charge is -2.28. The maximum Gasteiger partial charge on any atom is 0.258 e. The normalized spacial score (nSPS) is 17.7. The second-order valence-corrected chi connectivity index (χ2v) is 8.15. The van der Waals surface area contributed by atoms with Gasteiger partial charge in [-0.2, -0.15) is 0 Å². The molecule has 0 fully saturated rings. The van der Waals surface area contributed by atoms with Crippen molar-refractivity contribution in [3.05, 3.63) is 94.2 Å². The van der Waals surface area contributed by atoms with Crippen LogP contribution in [0.1, 0.15) is 40.7 Å². The standard InChI is InChI=1S/C25H24FN3OS/c1-2-29-15-6-5-7-19(25-27-14-16-31-25)17-23(29)18-10-12-20(13-11-18)28-24(30)21-8-3-4-9-22(21)26/h3-4,7-14,16-17H,2,5-6,15H2,1H3,(H,28,30)/b19-7-,23-17-. The molecule has 158 valence electrons. The number of benzene rings is 2. The zero-order valence-corrected chi connectivity index (χ0v) is 18.2. The summed E-state index contributed by atoms with van der Waals surface area (Å²) in [5, 5.41) is 5.79. The van der Waals surface area contributed by atoms with Gasteiger partial charge in [-0.15, -0.1) is 11.3 Å².